The molecule has 1 aliphatic carbocycles. The molecule has 0 unspecified atom stereocenters. The second-order valence-electron chi connectivity index (χ2n) is 13.9. The Morgan fingerprint density at radius 1 is 1.06 bits per heavy atom. The van der Waals surface area contributed by atoms with Crippen molar-refractivity contribution in [2.24, 2.45) is 5.41 Å². The van der Waals surface area contributed by atoms with Crippen LogP contribution in [0.4, 0.5) is 10.6 Å². The van der Waals surface area contributed by atoms with Crippen molar-refractivity contribution in [3.8, 4) is 11.4 Å². The number of piperidine rings is 1. The van der Waals surface area contributed by atoms with Gasteiger partial charge in [-0.2, -0.15) is 0 Å². The molecule has 1 atom stereocenters. The molecule has 0 radical (unpaired) electrons. The van der Waals surface area contributed by atoms with Gasteiger partial charge in [0.15, 0.2) is 11.5 Å². The van der Waals surface area contributed by atoms with Gasteiger partial charge in [-0.3, -0.25) is 4.79 Å². The van der Waals surface area contributed by atoms with Crippen molar-refractivity contribution >= 4 is 46.8 Å². The van der Waals surface area contributed by atoms with Gasteiger partial charge in [-0.15, -0.1) is 0 Å². The van der Waals surface area contributed by atoms with E-state index in [0.717, 1.165) is 29.7 Å². The molecule has 1 aromatic carbocycles. The lowest BCUT2D eigenvalue weighted by Crippen LogP contribution is -2.48. The van der Waals surface area contributed by atoms with Crippen LogP contribution in [0.15, 0.2) is 77.0 Å². The highest BCUT2D eigenvalue weighted by Gasteiger charge is 2.49. The summed E-state index contributed by atoms with van der Waals surface area (Å²) in [5, 5.41) is 17.2. The number of pyridine rings is 2. The largest absolute Gasteiger partial charge is 0.444 e. The lowest BCUT2D eigenvalue weighted by atomic mass is 9.72. The molecule has 3 N–H and O–H groups in total. The Bertz CT molecular complexity index is 2130. The van der Waals surface area contributed by atoms with E-state index in [1.54, 1.807) is 31.4 Å². The highest BCUT2D eigenvalue weighted by molar-refractivity contribution is 7.99. The standard InChI is InChI=1S/C37H39ClN8O4S/c1-36(2,3)50-35(49)44-31-23-9-6-5-8-22(23)18-37(31)13-16-45(17-14-37)32-27(21-47)42-29(19-40-32)51-28-12-15-46-20-26(43-33(46)30(28)38)24-10-7-11-25(41-24)34(48)39-4/h5-12,15,19-20,31,47H,13-14,16-18,21H2,1-4H3,(H,39,48)(H,44,49)/t31-/m1/s1. The Morgan fingerprint density at radius 3 is 2.59 bits per heavy atom. The normalized spacial score (nSPS) is 16.7. The van der Waals surface area contributed by atoms with Gasteiger partial charge in [-0.1, -0.05) is 53.7 Å². The summed E-state index contributed by atoms with van der Waals surface area (Å²) in [6.07, 6.45) is 7.46. The first-order chi connectivity index (χ1) is 24.5. The lowest BCUT2D eigenvalue weighted by Gasteiger charge is -2.44. The molecule has 4 aromatic heterocycles. The van der Waals surface area contributed by atoms with Gasteiger partial charge >= 0.3 is 6.09 Å². The maximum Gasteiger partial charge on any atom is 0.408 e. The third kappa shape index (κ3) is 6.97. The smallest absolute Gasteiger partial charge is 0.408 e. The average molecular weight is 727 g/mol. The number of hydrogen-bond donors (Lipinski definition) is 3. The van der Waals surface area contributed by atoms with Crippen LogP contribution in [0.1, 0.15) is 67.0 Å². The summed E-state index contributed by atoms with van der Waals surface area (Å²) in [6.45, 7) is 6.72. The molecule has 264 valence electrons. The monoisotopic (exact) mass is 726 g/mol. The summed E-state index contributed by atoms with van der Waals surface area (Å²) >= 11 is 8.20. The summed E-state index contributed by atoms with van der Waals surface area (Å²) in [7, 11) is 1.56. The molecule has 51 heavy (non-hydrogen) atoms. The molecule has 0 saturated carbocycles. The van der Waals surface area contributed by atoms with Gasteiger partial charge in [0.25, 0.3) is 5.91 Å². The van der Waals surface area contributed by atoms with E-state index >= 15 is 0 Å². The molecule has 1 spiro atoms. The van der Waals surface area contributed by atoms with Crippen LogP contribution in [0, 0.1) is 5.41 Å². The molecule has 14 heteroatoms. The van der Waals surface area contributed by atoms with Crippen molar-refractivity contribution < 1.29 is 19.4 Å². The van der Waals surface area contributed by atoms with Crippen molar-refractivity contribution in [2.75, 3.05) is 25.0 Å². The van der Waals surface area contributed by atoms with Gasteiger partial charge < -0.3 is 29.8 Å². The maximum atomic E-state index is 12.9. The average Bonchev–Trinajstić information content (AvgIpc) is 3.69. The Kier molecular flexibility index (Phi) is 9.38. The quantitative estimate of drug-likeness (QED) is 0.176. The number of aliphatic hydroxyl groups excluding tert-OH is 1. The second kappa shape index (κ2) is 13.8. The molecule has 1 saturated heterocycles. The number of halogens is 1. The van der Waals surface area contributed by atoms with Gasteiger partial charge in [-0.05, 0) is 69.4 Å². The summed E-state index contributed by atoms with van der Waals surface area (Å²) in [4.78, 5) is 46.7. The number of amides is 2. The van der Waals surface area contributed by atoms with Crippen LogP contribution in [-0.2, 0) is 17.8 Å². The number of carbonyl (C=O) groups excluding carboxylic acids is 2. The van der Waals surface area contributed by atoms with E-state index in [2.05, 4.69) is 32.7 Å². The first kappa shape index (κ1) is 34.7. The molecular formula is C37H39ClN8O4S. The fourth-order valence-electron chi connectivity index (χ4n) is 7.04. The second-order valence-corrected chi connectivity index (χ2v) is 15.3. The van der Waals surface area contributed by atoms with Gasteiger partial charge in [0.05, 0.1) is 29.6 Å². The fraction of sp³-hybridized carbons (Fsp3) is 0.351. The van der Waals surface area contributed by atoms with E-state index in [9.17, 15) is 14.7 Å². The molecule has 0 bridgehead atoms. The van der Waals surface area contributed by atoms with Crippen LogP contribution >= 0.6 is 23.4 Å². The molecule has 5 aromatic rings. The van der Waals surface area contributed by atoms with Gasteiger partial charge in [-0.25, -0.2) is 24.7 Å². The summed E-state index contributed by atoms with van der Waals surface area (Å²) < 4.78 is 7.46. The van der Waals surface area contributed by atoms with Crippen molar-refractivity contribution in [1.29, 1.82) is 0 Å². The molecule has 1 fully saturated rings. The number of carbonyl (C=O) groups is 2. The van der Waals surface area contributed by atoms with E-state index in [4.69, 9.17) is 31.3 Å². The molecule has 2 amide bonds. The first-order valence-electron chi connectivity index (χ1n) is 16.8. The zero-order valence-corrected chi connectivity index (χ0v) is 30.4. The van der Waals surface area contributed by atoms with Crippen LogP contribution < -0.4 is 15.5 Å². The molecule has 2 aliphatic rings. The lowest BCUT2D eigenvalue weighted by molar-refractivity contribution is 0.0427. The van der Waals surface area contributed by atoms with E-state index < -0.39 is 11.7 Å². The number of nitrogens with one attached hydrogen (secondary N) is 2. The number of benzene rings is 1. The first-order valence-corrected chi connectivity index (χ1v) is 18.0. The van der Waals surface area contributed by atoms with Crippen LogP contribution in [-0.4, -0.2) is 67.2 Å². The minimum Gasteiger partial charge on any atom is -0.444 e. The zero-order chi connectivity index (χ0) is 35.9. The number of imidazole rings is 1. The van der Waals surface area contributed by atoms with Crippen LogP contribution in [0.25, 0.3) is 17.0 Å². The predicted octanol–water partition coefficient (Wildman–Crippen LogP) is 6.25. The van der Waals surface area contributed by atoms with Crippen molar-refractivity contribution in [3.05, 3.63) is 94.7 Å². The number of ether oxygens (including phenoxy) is 1. The highest BCUT2D eigenvalue weighted by atomic mass is 35.5. The molecule has 5 heterocycles. The molecule has 1 aliphatic heterocycles. The third-order valence-corrected chi connectivity index (χ3v) is 10.9. The van der Waals surface area contributed by atoms with Crippen LogP contribution in [0.2, 0.25) is 5.02 Å². The number of alkyl carbamates (subject to hydrolysis) is 1. The van der Waals surface area contributed by atoms with E-state index in [-0.39, 0.29) is 24.0 Å². The summed E-state index contributed by atoms with van der Waals surface area (Å²) in [5.41, 5.74) is 4.08. The summed E-state index contributed by atoms with van der Waals surface area (Å²) in [5.74, 6) is 0.367. The number of hydrogen-bond acceptors (Lipinski definition) is 10. The van der Waals surface area contributed by atoms with Crippen LogP contribution in [0.5, 0.6) is 0 Å². The number of nitrogens with zero attached hydrogens (tertiary/aromatic N) is 6. The number of rotatable bonds is 7. The van der Waals surface area contributed by atoms with Gasteiger partial charge in [0.1, 0.15) is 27.7 Å². The Hall–Kier alpha value is -4.72. The molecule has 12 nitrogen and oxygen atoms in total. The number of aromatic nitrogens is 5. The minimum absolute atomic E-state index is 0.162. The number of anilines is 1. The predicted molar refractivity (Wildman–Crippen MR) is 195 cm³/mol. The highest BCUT2D eigenvalue weighted by Crippen LogP contribution is 2.52. The van der Waals surface area contributed by atoms with E-state index in [1.165, 1.54) is 17.3 Å². The topological polar surface area (TPSA) is 147 Å². The third-order valence-electron chi connectivity index (χ3n) is 9.41. The van der Waals surface area contributed by atoms with E-state index in [1.807, 2.05) is 55.8 Å². The molecular weight excluding hydrogens is 688 g/mol. The minimum atomic E-state index is -0.593. The Balaban J connectivity index is 1.07. The van der Waals surface area contributed by atoms with Gasteiger partial charge in [0, 0.05) is 42.8 Å². The van der Waals surface area contributed by atoms with Gasteiger partial charge in [0.2, 0.25) is 0 Å². The molecule has 7 rings (SSSR count). The van der Waals surface area contributed by atoms with E-state index in [0.29, 0.717) is 57.4 Å². The van der Waals surface area contributed by atoms with Crippen molar-refractivity contribution in [3.63, 3.8) is 0 Å². The number of fused-ring (bicyclic) bond motifs is 2. The summed E-state index contributed by atoms with van der Waals surface area (Å²) in [6, 6.07) is 15.2. The Labute approximate surface area is 305 Å². The van der Waals surface area contributed by atoms with Crippen LogP contribution in [0.3, 0.4) is 0 Å². The van der Waals surface area contributed by atoms with Crippen molar-refractivity contribution in [2.45, 2.75) is 68.2 Å². The maximum absolute atomic E-state index is 12.9. The zero-order valence-electron chi connectivity index (χ0n) is 28.8. The number of aliphatic hydroxyl groups is 1. The SMILES string of the molecule is CNC(=O)c1cccc(-c2cn3ccc(Sc4cnc(N5CCC6(CC5)Cc5ccccc5[C@H]6NC(=O)OC(C)(C)C)c(CO)n4)c(Cl)c3n2)n1. The van der Waals surface area contributed by atoms with Crippen molar-refractivity contribution in [1.82, 2.24) is 35.0 Å². The fourth-order valence-corrected chi connectivity index (χ4v) is 8.16. The Morgan fingerprint density at radius 2 is 1.84 bits per heavy atom.